The van der Waals surface area contributed by atoms with Crippen LogP contribution in [0.25, 0.3) is 0 Å². The lowest BCUT2D eigenvalue weighted by Crippen LogP contribution is -2.37. The molecule has 2 unspecified atom stereocenters. The highest BCUT2D eigenvalue weighted by Crippen LogP contribution is 2.35. The molecule has 4 heteroatoms. The third-order valence-electron chi connectivity index (χ3n) is 5.64. The van der Waals surface area contributed by atoms with E-state index in [1.165, 1.54) is 36.9 Å². The van der Waals surface area contributed by atoms with Gasteiger partial charge in [0.05, 0.1) is 0 Å². The fourth-order valence-corrected chi connectivity index (χ4v) is 3.83. The number of carbonyl (C=O) groups is 1. The van der Waals surface area contributed by atoms with Gasteiger partial charge in [-0.2, -0.15) is 0 Å². The molecule has 1 saturated carbocycles. The Labute approximate surface area is 142 Å². The van der Waals surface area contributed by atoms with Crippen LogP contribution in [0.3, 0.4) is 0 Å². The summed E-state index contributed by atoms with van der Waals surface area (Å²) in [5.74, 6) is 0.491. The molecule has 1 heterocycles. The average Bonchev–Trinajstić information content (AvgIpc) is 3.16. The van der Waals surface area contributed by atoms with Gasteiger partial charge in [-0.05, 0) is 50.6 Å². The second-order valence-electron chi connectivity index (χ2n) is 7.20. The third-order valence-corrected chi connectivity index (χ3v) is 5.64. The number of rotatable bonds is 5. The van der Waals surface area contributed by atoms with E-state index in [1.807, 2.05) is 18.2 Å². The van der Waals surface area contributed by atoms with Gasteiger partial charge in [-0.1, -0.05) is 19.8 Å². The van der Waals surface area contributed by atoms with Gasteiger partial charge >= 0.3 is 0 Å². The minimum Gasteiger partial charge on any atom is -0.382 e. The number of nitrogens with zero attached hydrogens (tertiary/aromatic N) is 1. The average molecular weight is 319 g/mol. The largest absolute Gasteiger partial charge is 0.382 e. The molecule has 0 aromatic heterocycles. The van der Waals surface area contributed by atoms with Crippen molar-refractivity contribution >= 4 is 11.6 Å². The number of fused-ring (bicyclic) bond motifs is 1. The Balaban J connectivity index is 0.00000156. The highest BCUT2D eigenvalue weighted by atomic mass is 16.1. The smallest absolute Gasteiger partial charge is 0.251 e. The molecule has 1 amide bonds. The van der Waals surface area contributed by atoms with Gasteiger partial charge in [-0.3, -0.25) is 4.79 Å². The zero-order valence-corrected chi connectivity index (χ0v) is 14.6. The van der Waals surface area contributed by atoms with Gasteiger partial charge in [-0.15, -0.1) is 0 Å². The summed E-state index contributed by atoms with van der Waals surface area (Å²) in [6.07, 6.45) is 5.30. The van der Waals surface area contributed by atoms with E-state index in [2.05, 4.69) is 36.4 Å². The van der Waals surface area contributed by atoms with Crippen LogP contribution in [0.5, 0.6) is 0 Å². The van der Waals surface area contributed by atoms with E-state index < -0.39 is 0 Å². The van der Waals surface area contributed by atoms with Gasteiger partial charge in [0.2, 0.25) is 0 Å². The summed E-state index contributed by atoms with van der Waals surface area (Å²) in [4.78, 5) is 14.8. The molecule has 3 rings (SSSR count). The fourth-order valence-electron chi connectivity index (χ4n) is 3.83. The number of hydrogen-bond donors (Lipinski definition) is 2. The van der Waals surface area contributed by atoms with E-state index in [4.69, 9.17) is 0 Å². The van der Waals surface area contributed by atoms with Crippen LogP contribution in [0.15, 0.2) is 18.2 Å². The van der Waals surface area contributed by atoms with E-state index in [0.29, 0.717) is 24.5 Å². The van der Waals surface area contributed by atoms with Gasteiger partial charge < -0.3 is 15.5 Å². The summed E-state index contributed by atoms with van der Waals surface area (Å²) in [6, 6.07) is 7.15. The second kappa shape index (κ2) is 6.91. The van der Waals surface area contributed by atoms with Crippen LogP contribution in [0.2, 0.25) is 0 Å². The van der Waals surface area contributed by atoms with Crippen LogP contribution in [0, 0.1) is 0 Å². The minimum atomic E-state index is 0. The fraction of sp³-hybridized carbons (Fsp3) is 0.632. The molecule has 2 aliphatic rings. The van der Waals surface area contributed by atoms with Crippen molar-refractivity contribution in [2.24, 2.45) is 0 Å². The van der Waals surface area contributed by atoms with E-state index in [-0.39, 0.29) is 8.76 Å². The molecule has 2 N–H and O–H groups in total. The maximum Gasteiger partial charge on any atom is 0.251 e. The Bertz CT molecular complexity index is 576. The summed E-state index contributed by atoms with van der Waals surface area (Å²) in [6.45, 7) is 6.04. The van der Waals surface area contributed by atoms with Gasteiger partial charge in [-0.25, -0.2) is 0 Å². The Morgan fingerprint density at radius 1 is 1.35 bits per heavy atom. The van der Waals surface area contributed by atoms with Gasteiger partial charge in [0, 0.05) is 45.2 Å². The number of likely N-dealkylation sites (N-methyl/N-ethyl adjacent to an activating group) is 1. The number of amides is 1. The maximum atomic E-state index is 12.4. The third kappa shape index (κ3) is 3.52. The lowest BCUT2D eigenvalue weighted by atomic mass is 9.96. The van der Waals surface area contributed by atoms with Crippen molar-refractivity contribution in [3.8, 4) is 0 Å². The first-order valence-electron chi connectivity index (χ1n) is 8.95. The van der Waals surface area contributed by atoms with E-state index >= 15 is 0 Å². The number of nitrogens with one attached hydrogen (secondary N) is 2. The summed E-state index contributed by atoms with van der Waals surface area (Å²) >= 11 is 0. The molecule has 1 fully saturated rings. The first-order valence-corrected chi connectivity index (χ1v) is 8.95. The predicted molar refractivity (Wildman–Crippen MR) is 99.4 cm³/mol. The molecule has 1 aromatic rings. The van der Waals surface area contributed by atoms with E-state index in [1.54, 1.807) is 0 Å². The van der Waals surface area contributed by atoms with Crippen molar-refractivity contribution in [1.29, 1.82) is 0 Å². The normalized spacial score (nSPS) is 23.8. The summed E-state index contributed by atoms with van der Waals surface area (Å²) < 4.78 is 0. The molecule has 4 nitrogen and oxygen atoms in total. The van der Waals surface area contributed by atoms with Crippen molar-refractivity contribution < 1.29 is 7.65 Å². The SMILES string of the molecule is CC1Nc2ccc(C(=O)NCCN(C)C3CCCC3)cc2C1C.[HH].[HH]. The van der Waals surface area contributed by atoms with Crippen LogP contribution in [-0.2, 0) is 0 Å². The second-order valence-corrected chi connectivity index (χ2v) is 7.20. The Hall–Kier alpha value is -1.55. The van der Waals surface area contributed by atoms with Gasteiger partial charge in [0.1, 0.15) is 0 Å². The highest BCUT2D eigenvalue weighted by Gasteiger charge is 2.26. The molecule has 23 heavy (non-hydrogen) atoms. The van der Waals surface area contributed by atoms with Crippen LogP contribution in [-0.4, -0.2) is 43.0 Å². The zero-order valence-electron chi connectivity index (χ0n) is 14.6. The van der Waals surface area contributed by atoms with E-state index in [9.17, 15) is 4.79 Å². The van der Waals surface area contributed by atoms with Crippen molar-refractivity contribution in [1.82, 2.24) is 10.2 Å². The highest BCUT2D eigenvalue weighted by molar-refractivity contribution is 5.95. The molecule has 130 valence electrons. The minimum absolute atomic E-state index is 0. The number of hydrogen-bond acceptors (Lipinski definition) is 3. The van der Waals surface area contributed by atoms with Crippen LogP contribution < -0.4 is 10.6 Å². The lowest BCUT2D eigenvalue weighted by molar-refractivity contribution is 0.0947. The first kappa shape index (κ1) is 16.3. The van der Waals surface area contributed by atoms with Gasteiger partial charge in [0.15, 0.2) is 0 Å². The van der Waals surface area contributed by atoms with Crippen molar-refractivity contribution in [3.05, 3.63) is 29.3 Å². The molecule has 0 spiro atoms. The van der Waals surface area contributed by atoms with Crippen LogP contribution in [0.4, 0.5) is 5.69 Å². The molecule has 1 aromatic carbocycles. The van der Waals surface area contributed by atoms with E-state index in [0.717, 1.165) is 12.1 Å². The van der Waals surface area contributed by atoms with Gasteiger partial charge in [0.25, 0.3) is 5.91 Å². The predicted octanol–water partition coefficient (Wildman–Crippen LogP) is 3.70. The molecule has 2 atom stereocenters. The summed E-state index contributed by atoms with van der Waals surface area (Å²) in [5.41, 5.74) is 3.20. The van der Waals surface area contributed by atoms with Crippen LogP contribution >= 0.6 is 0 Å². The number of anilines is 1. The van der Waals surface area contributed by atoms with Crippen molar-refractivity contribution in [3.63, 3.8) is 0 Å². The molecule has 1 aliphatic carbocycles. The Morgan fingerprint density at radius 3 is 2.83 bits per heavy atom. The number of benzene rings is 1. The topological polar surface area (TPSA) is 44.4 Å². The molecule has 0 saturated heterocycles. The Morgan fingerprint density at radius 2 is 2.09 bits per heavy atom. The Kier molecular flexibility index (Phi) is 4.90. The monoisotopic (exact) mass is 319 g/mol. The van der Waals surface area contributed by atoms with Crippen molar-refractivity contribution in [2.75, 3.05) is 25.5 Å². The molecule has 0 radical (unpaired) electrons. The number of carbonyl (C=O) groups excluding carboxylic acids is 1. The quantitative estimate of drug-likeness (QED) is 0.870. The molecular formula is C19H33N3O. The molecular weight excluding hydrogens is 286 g/mol. The zero-order chi connectivity index (χ0) is 16.4. The summed E-state index contributed by atoms with van der Waals surface area (Å²) in [5, 5.41) is 6.53. The lowest BCUT2D eigenvalue weighted by Gasteiger charge is -2.23. The van der Waals surface area contributed by atoms with Crippen molar-refractivity contribution in [2.45, 2.75) is 57.5 Å². The molecule has 0 bridgehead atoms. The summed E-state index contributed by atoms with van der Waals surface area (Å²) in [7, 11) is 2.17. The maximum absolute atomic E-state index is 12.4. The van der Waals surface area contributed by atoms with Crippen LogP contribution in [0.1, 0.15) is 64.2 Å². The first-order chi connectivity index (χ1) is 11.1. The standard InChI is InChI=1S/C19H29N3O.2H2/c1-13-14(2)21-18-9-8-15(12-17(13)18)19(23)20-10-11-22(3)16-6-4-5-7-16;;/h8-9,12-14,16,21H,4-7,10-11H2,1-3H3,(H,20,23);2*1H. The molecule has 1 aliphatic heterocycles.